The number of carbonyl (C=O) groups is 1. The highest BCUT2D eigenvalue weighted by molar-refractivity contribution is 7.89. The molecule has 3 heterocycles. The minimum Gasteiger partial charge on any atom is -0.336 e. The van der Waals surface area contributed by atoms with Crippen LogP contribution in [0, 0.1) is 18.6 Å². The van der Waals surface area contributed by atoms with Gasteiger partial charge in [0.1, 0.15) is 16.5 Å². The number of hydrogen-bond donors (Lipinski definition) is 0. The highest BCUT2D eigenvalue weighted by atomic mass is 32.2. The summed E-state index contributed by atoms with van der Waals surface area (Å²) < 4.78 is 59.5. The molecule has 1 saturated heterocycles. The van der Waals surface area contributed by atoms with E-state index < -0.39 is 26.6 Å². The third kappa shape index (κ3) is 3.55. The van der Waals surface area contributed by atoms with Crippen LogP contribution in [-0.4, -0.2) is 59.8 Å². The van der Waals surface area contributed by atoms with Crippen LogP contribution in [0.25, 0.3) is 11.1 Å². The van der Waals surface area contributed by atoms with Crippen molar-refractivity contribution in [3.05, 3.63) is 52.9 Å². The fourth-order valence-electron chi connectivity index (χ4n) is 3.99. The summed E-state index contributed by atoms with van der Waals surface area (Å²) in [5.74, 6) is -1.81. The lowest BCUT2D eigenvalue weighted by Crippen LogP contribution is -2.50. The largest absolute Gasteiger partial charge is 0.336 e. The van der Waals surface area contributed by atoms with E-state index in [0.29, 0.717) is 34.3 Å². The van der Waals surface area contributed by atoms with Gasteiger partial charge in [-0.25, -0.2) is 22.2 Å². The highest BCUT2D eigenvalue weighted by Gasteiger charge is 2.34. The lowest BCUT2D eigenvalue weighted by atomic mass is 10.1. The predicted molar refractivity (Wildman–Crippen MR) is 110 cm³/mol. The third-order valence-electron chi connectivity index (χ3n) is 5.90. The van der Waals surface area contributed by atoms with Gasteiger partial charge in [0, 0.05) is 37.8 Å². The van der Waals surface area contributed by atoms with Gasteiger partial charge in [-0.15, -0.1) is 0 Å². The summed E-state index contributed by atoms with van der Waals surface area (Å²) in [5.41, 5.74) is 2.10. The Morgan fingerprint density at radius 2 is 1.84 bits per heavy atom. The van der Waals surface area contributed by atoms with E-state index in [-0.39, 0.29) is 32.1 Å². The normalized spacial score (nSPS) is 17.8. The average Bonchev–Trinajstić information content (AvgIpc) is 3.57. The first kappa shape index (κ1) is 21.0. The van der Waals surface area contributed by atoms with Crippen LogP contribution in [0.15, 0.2) is 33.7 Å². The first-order valence-corrected chi connectivity index (χ1v) is 11.7. The lowest BCUT2D eigenvalue weighted by Gasteiger charge is -2.34. The quantitative estimate of drug-likeness (QED) is 0.592. The van der Waals surface area contributed by atoms with Gasteiger partial charge in [-0.05, 0) is 44.0 Å². The van der Waals surface area contributed by atoms with E-state index in [4.69, 9.17) is 4.52 Å². The first-order chi connectivity index (χ1) is 15.3. The van der Waals surface area contributed by atoms with Gasteiger partial charge in [-0.2, -0.15) is 4.31 Å². The number of piperazine rings is 1. The van der Waals surface area contributed by atoms with Crippen LogP contribution in [0.2, 0.25) is 0 Å². The lowest BCUT2D eigenvalue weighted by molar-refractivity contribution is 0.0699. The SMILES string of the molecule is Cc1noc2nc(C3CC3)cc(C(=O)N3CCN(S(=O)(=O)c4cc(F)ccc4F)CC3)c12. The molecule has 0 unspecified atom stereocenters. The van der Waals surface area contributed by atoms with E-state index in [2.05, 4.69) is 10.1 Å². The number of fused-ring (bicyclic) bond motifs is 1. The molecule has 1 amide bonds. The van der Waals surface area contributed by atoms with Crippen LogP contribution < -0.4 is 0 Å². The molecule has 0 atom stereocenters. The Balaban J connectivity index is 1.38. The number of rotatable bonds is 4. The number of aryl methyl sites for hydroxylation is 1. The van der Waals surface area contributed by atoms with E-state index in [1.54, 1.807) is 17.9 Å². The summed E-state index contributed by atoms with van der Waals surface area (Å²) in [6.45, 7) is 1.90. The maximum Gasteiger partial charge on any atom is 0.259 e. The number of benzene rings is 1. The molecule has 5 rings (SSSR count). The van der Waals surface area contributed by atoms with Gasteiger partial charge in [0.05, 0.1) is 16.6 Å². The summed E-state index contributed by atoms with van der Waals surface area (Å²) in [6.07, 6.45) is 2.01. The van der Waals surface area contributed by atoms with Gasteiger partial charge in [0.25, 0.3) is 11.6 Å². The van der Waals surface area contributed by atoms with Crippen molar-refractivity contribution >= 4 is 27.0 Å². The Morgan fingerprint density at radius 3 is 2.53 bits per heavy atom. The summed E-state index contributed by atoms with van der Waals surface area (Å²) in [6, 6.07) is 4.10. The van der Waals surface area contributed by atoms with Crippen molar-refractivity contribution in [3.63, 3.8) is 0 Å². The van der Waals surface area contributed by atoms with E-state index in [1.165, 1.54) is 0 Å². The van der Waals surface area contributed by atoms with Crippen molar-refractivity contribution in [2.45, 2.75) is 30.6 Å². The standard InChI is InChI=1S/C21H20F2N4O4S/c1-12-19-15(11-17(13-2-3-13)24-20(19)31-25-12)21(28)26-6-8-27(9-7-26)32(29,30)18-10-14(22)4-5-16(18)23/h4-5,10-11,13H,2-3,6-9H2,1H3. The zero-order valence-electron chi connectivity index (χ0n) is 17.2. The molecule has 2 aliphatic rings. The molecule has 1 aliphatic heterocycles. The minimum absolute atomic E-state index is 0.0314. The molecule has 32 heavy (non-hydrogen) atoms. The molecule has 2 aromatic heterocycles. The molecule has 1 aromatic carbocycles. The topological polar surface area (TPSA) is 96.6 Å². The summed E-state index contributed by atoms with van der Waals surface area (Å²) in [5, 5.41) is 4.49. The summed E-state index contributed by atoms with van der Waals surface area (Å²) in [7, 11) is -4.23. The third-order valence-corrected chi connectivity index (χ3v) is 7.81. The Hall–Kier alpha value is -2.92. The van der Waals surface area contributed by atoms with Gasteiger partial charge < -0.3 is 9.42 Å². The molecule has 0 spiro atoms. The molecule has 1 saturated carbocycles. The van der Waals surface area contributed by atoms with Crippen LogP contribution in [-0.2, 0) is 10.0 Å². The second-order valence-corrected chi connectivity index (χ2v) is 9.99. The van der Waals surface area contributed by atoms with Crippen LogP contribution in [0.5, 0.6) is 0 Å². The number of aromatic nitrogens is 2. The van der Waals surface area contributed by atoms with Crippen molar-refractivity contribution < 1.29 is 26.5 Å². The predicted octanol–water partition coefficient (Wildman–Crippen LogP) is 2.83. The zero-order valence-corrected chi connectivity index (χ0v) is 18.0. The molecule has 0 N–H and O–H groups in total. The highest BCUT2D eigenvalue weighted by Crippen LogP contribution is 2.40. The molecule has 168 valence electrons. The molecule has 3 aromatic rings. The smallest absolute Gasteiger partial charge is 0.259 e. The monoisotopic (exact) mass is 462 g/mol. The van der Waals surface area contributed by atoms with Crippen molar-refractivity contribution in [1.29, 1.82) is 0 Å². The van der Waals surface area contributed by atoms with Gasteiger partial charge in [0.2, 0.25) is 10.0 Å². The van der Waals surface area contributed by atoms with Crippen LogP contribution in [0.3, 0.4) is 0 Å². The maximum atomic E-state index is 14.1. The molecule has 1 aliphatic carbocycles. The zero-order chi connectivity index (χ0) is 22.6. The molecular formula is C21H20F2N4O4S. The number of hydrogen-bond acceptors (Lipinski definition) is 6. The molecule has 0 radical (unpaired) electrons. The second-order valence-electron chi connectivity index (χ2n) is 8.09. The van der Waals surface area contributed by atoms with Crippen LogP contribution >= 0.6 is 0 Å². The van der Waals surface area contributed by atoms with Gasteiger partial charge >= 0.3 is 0 Å². The summed E-state index contributed by atoms with van der Waals surface area (Å²) in [4.78, 5) is 18.7. The Morgan fingerprint density at radius 1 is 1.12 bits per heavy atom. The fourth-order valence-corrected chi connectivity index (χ4v) is 5.48. The summed E-state index contributed by atoms with van der Waals surface area (Å²) >= 11 is 0. The molecule has 8 nitrogen and oxygen atoms in total. The van der Waals surface area contributed by atoms with Crippen molar-refractivity contribution in [3.8, 4) is 0 Å². The fraction of sp³-hybridized carbons (Fsp3) is 0.381. The molecule has 2 fully saturated rings. The van der Waals surface area contributed by atoms with Crippen molar-refractivity contribution in [2.75, 3.05) is 26.2 Å². The van der Waals surface area contributed by atoms with Crippen LogP contribution in [0.1, 0.15) is 40.5 Å². The second kappa shape index (κ2) is 7.59. The van der Waals surface area contributed by atoms with E-state index in [9.17, 15) is 22.0 Å². The van der Waals surface area contributed by atoms with Gasteiger partial charge in [-0.3, -0.25) is 4.79 Å². The van der Waals surface area contributed by atoms with Crippen molar-refractivity contribution in [2.24, 2.45) is 0 Å². The average molecular weight is 462 g/mol. The van der Waals surface area contributed by atoms with Crippen molar-refractivity contribution in [1.82, 2.24) is 19.3 Å². The van der Waals surface area contributed by atoms with E-state index >= 15 is 0 Å². The number of pyridine rings is 1. The van der Waals surface area contributed by atoms with Gasteiger partial charge in [0.15, 0.2) is 0 Å². The number of carbonyl (C=O) groups excluding carboxylic acids is 1. The van der Waals surface area contributed by atoms with E-state index in [0.717, 1.165) is 35.0 Å². The Bertz CT molecular complexity index is 1330. The Kier molecular flexibility index (Phi) is 4.97. The number of amides is 1. The molecular weight excluding hydrogens is 442 g/mol. The Labute approximate surface area is 182 Å². The van der Waals surface area contributed by atoms with E-state index in [1.807, 2.05) is 0 Å². The number of nitrogens with zero attached hydrogens (tertiary/aromatic N) is 4. The number of sulfonamides is 1. The maximum absolute atomic E-state index is 14.1. The van der Waals surface area contributed by atoms with Crippen LogP contribution in [0.4, 0.5) is 8.78 Å². The number of halogens is 2. The first-order valence-electron chi connectivity index (χ1n) is 10.3. The molecule has 0 bridgehead atoms. The van der Waals surface area contributed by atoms with Gasteiger partial charge in [-0.1, -0.05) is 5.16 Å². The molecule has 11 heteroatoms. The minimum atomic E-state index is -4.23.